The van der Waals surface area contributed by atoms with Gasteiger partial charge in [0.2, 0.25) is 0 Å². The number of aromatic nitrogens is 2. The van der Waals surface area contributed by atoms with E-state index in [4.69, 9.17) is 0 Å². The molecule has 3 nitrogen and oxygen atoms in total. The van der Waals surface area contributed by atoms with Crippen LogP contribution in [0.25, 0.3) is 0 Å². The van der Waals surface area contributed by atoms with Crippen LogP contribution in [0.15, 0.2) is 30.3 Å². The first kappa shape index (κ1) is 14.6. The highest BCUT2D eigenvalue weighted by molar-refractivity contribution is 5.21. The van der Waals surface area contributed by atoms with Crippen molar-refractivity contribution in [2.24, 2.45) is 0 Å². The highest BCUT2D eigenvalue weighted by Gasteiger charge is 2.05. The Bertz CT molecular complexity index is 582. The Morgan fingerprint density at radius 3 is 2.70 bits per heavy atom. The lowest BCUT2D eigenvalue weighted by atomic mass is 10.1. The molecule has 0 radical (unpaired) electrons. The number of nitrogens with one attached hydrogen (secondary N) is 1. The van der Waals surface area contributed by atoms with Gasteiger partial charge in [0, 0.05) is 24.7 Å². The number of halogens is 1. The highest BCUT2D eigenvalue weighted by Crippen LogP contribution is 2.09. The molecule has 0 bridgehead atoms. The van der Waals surface area contributed by atoms with E-state index in [0.29, 0.717) is 12.5 Å². The van der Waals surface area contributed by atoms with Gasteiger partial charge < -0.3 is 5.32 Å². The van der Waals surface area contributed by atoms with Crippen molar-refractivity contribution in [2.75, 3.05) is 0 Å². The van der Waals surface area contributed by atoms with Gasteiger partial charge in [0.1, 0.15) is 11.6 Å². The topological polar surface area (TPSA) is 37.8 Å². The molecule has 2 rings (SSSR count). The van der Waals surface area contributed by atoms with Crippen molar-refractivity contribution < 1.29 is 4.39 Å². The summed E-state index contributed by atoms with van der Waals surface area (Å²) in [7, 11) is 0. The molecule has 1 N–H and O–H groups in total. The minimum atomic E-state index is -0.225. The van der Waals surface area contributed by atoms with Crippen molar-refractivity contribution in [3.05, 3.63) is 58.9 Å². The molecule has 0 aliphatic rings. The minimum Gasteiger partial charge on any atom is -0.309 e. The highest BCUT2D eigenvalue weighted by atomic mass is 19.1. The molecule has 0 fully saturated rings. The van der Waals surface area contributed by atoms with Crippen LogP contribution in [0.4, 0.5) is 4.39 Å². The smallest absolute Gasteiger partial charge is 0.133 e. The summed E-state index contributed by atoms with van der Waals surface area (Å²) in [6.45, 7) is 6.87. The summed E-state index contributed by atoms with van der Waals surface area (Å²) in [6.07, 6.45) is 0.550. The molecule has 1 aromatic carbocycles. The van der Waals surface area contributed by atoms with Gasteiger partial charge in [0.05, 0.1) is 5.69 Å². The zero-order valence-corrected chi connectivity index (χ0v) is 12.2. The van der Waals surface area contributed by atoms with Crippen molar-refractivity contribution in [3.8, 4) is 0 Å². The van der Waals surface area contributed by atoms with Crippen LogP contribution in [0, 0.1) is 12.7 Å². The zero-order chi connectivity index (χ0) is 14.5. The average Bonchev–Trinajstić information content (AvgIpc) is 2.35. The number of hydrogen-bond acceptors (Lipinski definition) is 3. The number of aryl methyl sites for hydroxylation is 1. The molecular weight excluding hydrogens is 253 g/mol. The van der Waals surface area contributed by atoms with Gasteiger partial charge in [-0.25, -0.2) is 14.4 Å². The van der Waals surface area contributed by atoms with Crippen molar-refractivity contribution in [1.29, 1.82) is 0 Å². The van der Waals surface area contributed by atoms with Gasteiger partial charge in [-0.05, 0) is 30.7 Å². The van der Waals surface area contributed by atoms with E-state index in [9.17, 15) is 4.39 Å². The van der Waals surface area contributed by atoms with E-state index < -0.39 is 0 Å². The molecular formula is C16H20FN3. The van der Waals surface area contributed by atoms with E-state index in [1.807, 2.05) is 19.1 Å². The van der Waals surface area contributed by atoms with E-state index in [0.717, 1.165) is 29.3 Å². The largest absolute Gasteiger partial charge is 0.309 e. The lowest BCUT2D eigenvalue weighted by molar-refractivity contribution is 0.578. The molecule has 0 aliphatic carbocycles. The normalized spacial score (nSPS) is 11.1. The van der Waals surface area contributed by atoms with Crippen LogP contribution >= 0.6 is 0 Å². The van der Waals surface area contributed by atoms with Crippen molar-refractivity contribution in [1.82, 2.24) is 15.3 Å². The fourth-order valence-corrected chi connectivity index (χ4v) is 2.01. The van der Waals surface area contributed by atoms with E-state index in [1.165, 1.54) is 12.1 Å². The van der Waals surface area contributed by atoms with Crippen molar-refractivity contribution in [3.63, 3.8) is 0 Å². The third-order valence-electron chi connectivity index (χ3n) is 2.90. The predicted molar refractivity (Wildman–Crippen MR) is 78.0 cm³/mol. The van der Waals surface area contributed by atoms with Gasteiger partial charge in [0.15, 0.2) is 0 Å². The second-order valence-electron chi connectivity index (χ2n) is 5.26. The van der Waals surface area contributed by atoms with Crippen molar-refractivity contribution in [2.45, 2.75) is 39.8 Å². The first-order valence-electron chi connectivity index (χ1n) is 6.84. The van der Waals surface area contributed by atoms with Gasteiger partial charge in [-0.3, -0.25) is 0 Å². The van der Waals surface area contributed by atoms with Gasteiger partial charge in [-0.2, -0.15) is 0 Å². The van der Waals surface area contributed by atoms with Crippen LogP contribution in [-0.4, -0.2) is 16.0 Å². The SMILES string of the molecule is Cc1cc(CNC(C)C)nc(Cc2cccc(F)c2)n1. The lowest BCUT2D eigenvalue weighted by Crippen LogP contribution is -2.23. The van der Waals surface area contributed by atoms with Crippen LogP contribution in [0.2, 0.25) is 0 Å². The molecule has 0 unspecified atom stereocenters. The minimum absolute atomic E-state index is 0.225. The molecule has 1 heterocycles. The van der Waals surface area contributed by atoms with Crippen LogP contribution in [0.1, 0.15) is 36.6 Å². The summed E-state index contributed by atoms with van der Waals surface area (Å²) in [6, 6.07) is 8.96. The molecule has 106 valence electrons. The Morgan fingerprint density at radius 1 is 1.20 bits per heavy atom. The molecule has 1 aromatic heterocycles. The second kappa shape index (κ2) is 6.57. The maximum atomic E-state index is 13.2. The van der Waals surface area contributed by atoms with Crippen LogP contribution < -0.4 is 5.32 Å². The van der Waals surface area contributed by atoms with Crippen LogP contribution in [0.3, 0.4) is 0 Å². The molecule has 20 heavy (non-hydrogen) atoms. The third-order valence-corrected chi connectivity index (χ3v) is 2.90. The van der Waals surface area contributed by atoms with E-state index >= 15 is 0 Å². The second-order valence-corrected chi connectivity index (χ2v) is 5.26. The zero-order valence-electron chi connectivity index (χ0n) is 12.2. The molecule has 0 spiro atoms. The van der Waals surface area contributed by atoms with E-state index in [2.05, 4.69) is 29.1 Å². The van der Waals surface area contributed by atoms with Crippen molar-refractivity contribution >= 4 is 0 Å². The molecule has 2 aromatic rings. The standard InChI is InChI=1S/C16H20FN3/c1-11(2)18-10-15-7-12(3)19-16(20-15)9-13-5-4-6-14(17)8-13/h4-8,11,18H,9-10H2,1-3H3. The Kier molecular flexibility index (Phi) is 4.79. The predicted octanol–water partition coefficient (Wildman–Crippen LogP) is 3.01. The fourth-order valence-electron chi connectivity index (χ4n) is 2.01. The Hall–Kier alpha value is -1.81. The lowest BCUT2D eigenvalue weighted by Gasteiger charge is -2.09. The van der Waals surface area contributed by atoms with Gasteiger partial charge >= 0.3 is 0 Å². The molecule has 0 aliphatic heterocycles. The number of hydrogen-bond donors (Lipinski definition) is 1. The monoisotopic (exact) mass is 273 g/mol. The fraction of sp³-hybridized carbons (Fsp3) is 0.375. The summed E-state index contributed by atoms with van der Waals surface area (Å²) in [4.78, 5) is 8.96. The Morgan fingerprint density at radius 2 is 2.00 bits per heavy atom. The maximum absolute atomic E-state index is 13.2. The van der Waals surface area contributed by atoms with Crippen LogP contribution in [0.5, 0.6) is 0 Å². The summed E-state index contributed by atoms with van der Waals surface area (Å²) in [5, 5.41) is 3.34. The Balaban J connectivity index is 2.15. The average molecular weight is 273 g/mol. The first-order chi connectivity index (χ1) is 9.52. The molecule has 0 saturated carbocycles. The molecule has 4 heteroatoms. The van der Waals surface area contributed by atoms with E-state index in [-0.39, 0.29) is 5.82 Å². The van der Waals surface area contributed by atoms with Crippen LogP contribution in [-0.2, 0) is 13.0 Å². The van der Waals surface area contributed by atoms with Gasteiger partial charge in [0.25, 0.3) is 0 Å². The quantitative estimate of drug-likeness (QED) is 0.910. The Labute approximate surface area is 119 Å². The molecule has 0 amide bonds. The molecule has 0 atom stereocenters. The number of benzene rings is 1. The summed E-state index contributed by atoms with van der Waals surface area (Å²) in [5.41, 5.74) is 2.79. The van der Waals surface area contributed by atoms with E-state index in [1.54, 1.807) is 6.07 Å². The van der Waals surface area contributed by atoms with Gasteiger partial charge in [-0.1, -0.05) is 26.0 Å². The number of nitrogens with zero attached hydrogens (tertiary/aromatic N) is 2. The summed E-state index contributed by atoms with van der Waals surface area (Å²) in [5.74, 6) is 0.507. The maximum Gasteiger partial charge on any atom is 0.133 e. The summed E-state index contributed by atoms with van der Waals surface area (Å²) < 4.78 is 13.2. The number of rotatable bonds is 5. The molecule has 0 saturated heterocycles. The third kappa shape index (κ3) is 4.38. The first-order valence-corrected chi connectivity index (χ1v) is 6.84. The van der Waals surface area contributed by atoms with Gasteiger partial charge in [-0.15, -0.1) is 0 Å². The summed E-state index contributed by atoms with van der Waals surface area (Å²) >= 11 is 0.